The highest BCUT2D eigenvalue weighted by Gasteiger charge is 2.17. The highest BCUT2D eigenvalue weighted by atomic mass is 35.5. The molecule has 0 aliphatic heterocycles. The van der Waals surface area contributed by atoms with Crippen LogP contribution in [-0.4, -0.2) is 24.0 Å². The molecule has 0 aliphatic rings. The number of aromatic nitrogens is 1. The fourth-order valence-electron chi connectivity index (χ4n) is 1.61. The van der Waals surface area contributed by atoms with Gasteiger partial charge in [-0.05, 0) is 30.3 Å². The Morgan fingerprint density at radius 3 is 2.55 bits per heavy atom. The molecule has 2 rings (SSSR count). The predicted molar refractivity (Wildman–Crippen MR) is 75.9 cm³/mol. The summed E-state index contributed by atoms with van der Waals surface area (Å²) in [4.78, 5) is 26.0. The zero-order valence-electron chi connectivity index (χ0n) is 10.6. The van der Waals surface area contributed by atoms with Gasteiger partial charge in [-0.15, -0.1) is 0 Å². The number of nitrogens with two attached hydrogens (primary N) is 1. The highest BCUT2D eigenvalue weighted by Crippen LogP contribution is 2.18. The van der Waals surface area contributed by atoms with Crippen LogP contribution in [0.3, 0.4) is 0 Å². The average molecular weight is 294 g/mol. The smallest absolute Gasteiger partial charge is 0.354 e. The Labute approximate surface area is 119 Å². The van der Waals surface area contributed by atoms with Crippen molar-refractivity contribution in [2.75, 3.05) is 18.2 Å². The summed E-state index contributed by atoms with van der Waals surface area (Å²) in [6.45, 7) is 0. The summed E-state index contributed by atoms with van der Waals surface area (Å²) in [6.07, 6.45) is 0. The number of carbonyl (C=O) groups excluding carboxylic acids is 2. The van der Waals surface area contributed by atoms with Gasteiger partial charge in [0.25, 0.3) is 5.91 Å². The van der Waals surface area contributed by atoms with Crippen LogP contribution in [0.15, 0.2) is 30.3 Å². The van der Waals surface area contributed by atoms with E-state index in [0.717, 1.165) is 0 Å². The molecule has 0 bridgehead atoms. The molecule has 1 aromatic heterocycles. The van der Waals surface area contributed by atoms with Crippen LogP contribution in [0, 0.1) is 0 Å². The lowest BCUT2D eigenvalue weighted by molar-refractivity contribution is 0.0595. The van der Waals surface area contributed by atoms with Gasteiger partial charge in [-0.3, -0.25) is 4.79 Å². The number of benzene rings is 1. The van der Waals surface area contributed by atoms with Crippen molar-refractivity contribution in [1.82, 2.24) is 4.98 Å². The topological polar surface area (TPSA) is 97.2 Å². The van der Waals surface area contributed by atoms with Crippen LogP contribution in [0.4, 0.5) is 11.5 Å². The zero-order chi connectivity index (χ0) is 14.7. The third-order valence-electron chi connectivity index (χ3n) is 2.60. The number of hydrogen-bond acceptors (Lipinski definition) is 4. The van der Waals surface area contributed by atoms with Crippen LogP contribution in [0.5, 0.6) is 0 Å². The van der Waals surface area contributed by atoms with Gasteiger partial charge in [0, 0.05) is 10.7 Å². The van der Waals surface area contributed by atoms with E-state index in [0.29, 0.717) is 10.7 Å². The first-order valence-electron chi connectivity index (χ1n) is 5.65. The molecule has 0 spiro atoms. The Kier molecular flexibility index (Phi) is 3.95. The maximum Gasteiger partial charge on any atom is 0.354 e. The normalized spacial score (nSPS) is 10.1. The summed E-state index contributed by atoms with van der Waals surface area (Å²) in [7, 11) is 1.24. The molecule has 104 valence electrons. The van der Waals surface area contributed by atoms with Crippen molar-refractivity contribution < 1.29 is 14.3 Å². The quantitative estimate of drug-likeness (QED) is 0.756. The van der Waals surface area contributed by atoms with E-state index in [1.54, 1.807) is 24.3 Å². The third kappa shape index (κ3) is 2.92. The summed E-state index contributed by atoms with van der Waals surface area (Å²) >= 11 is 5.76. The molecule has 1 amide bonds. The molecule has 1 heterocycles. The van der Waals surface area contributed by atoms with E-state index in [2.05, 4.69) is 15.0 Å². The van der Waals surface area contributed by atoms with Crippen LogP contribution >= 0.6 is 11.6 Å². The number of ether oxygens (including phenoxy) is 1. The fourth-order valence-corrected chi connectivity index (χ4v) is 1.74. The number of nitrogen functional groups attached to an aromatic ring is 1. The van der Waals surface area contributed by atoms with Crippen molar-refractivity contribution in [2.45, 2.75) is 0 Å². The minimum Gasteiger partial charge on any atom is -0.464 e. The first-order chi connectivity index (χ1) is 9.51. The molecule has 0 saturated heterocycles. The number of halogens is 1. The number of carbonyl (C=O) groups is 2. The Morgan fingerprint density at radius 2 is 1.95 bits per heavy atom. The average Bonchev–Trinajstić information content (AvgIpc) is 2.82. The number of hydrogen-bond donors (Lipinski definition) is 3. The van der Waals surface area contributed by atoms with Crippen LogP contribution in [0.25, 0.3) is 0 Å². The van der Waals surface area contributed by atoms with E-state index >= 15 is 0 Å². The van der Waals surface area contributed by atoms with E-state index < -0.39 is 11.9 Å². The number of H-pyrrole nitrogens is 1. The third-order valence-corrected chi connectivity index (χ3v) is 2.85. The minimum atomic E-state index is -0.595. The molecule has 7 heteroatoms. The van der Waals surface area contributed by atoms with Gasteiger partial charge in [-0.2, -0.15) is 0 Å². The lowest BCUT2D eigenvalue weighted by Gasteiger charge is -2.04. The van der Waals surface area contributed by atoms with Gasteiger partial charge in [0.1, 0.15) is 11.5 Å². The molecule has 0 radical (unpaired) electrons. The summed E-state index contributed by atoms with van der Waals surface area (Å²) < 4.78 is 4.54. The molecule has 4 N–H and O–H groups in total. The Morgan fingerprint density at radius 1 is 1.30 bits per heavy atom. The van der Waals surface area contributed by atoms with Gasteiger partial charge in [0.05, 0.1) is 12.7 Å². The minimum absolute atomic E-state index is 0.0943. The number of esters is 1. The molecule has 0 unspecified atom stereocenters. The fraction of sp³-hybridized carbons (Fsp3) is 0.0769. The molecule has 0 aliphatic carbocycles. The number of methoxy groups -OCH3 is 1. The summed E-state index contributed by atoms with van der Waals surface area (Å²) in [5.74, 6) is -0.935. The van der Waals surface area contributed by atoms with Crippen LogP contribution in [-0.2, 0) is 4.74 Å². The highest BCUT2D eigenvalue weighted by molar-refractivity contribution is 6.30. The molecule has 2 aromatic rings. The van der Waals surface area contributed by atoms with E-state index in [9.17, 15) is 9.59 Å². The summed E-state index contributed by atoms with van der Waals surface area (Å²) in [6, 6.07) is 7.95. The van der Waals surface area contributed by atoms with E-state index in [1.807, 2.05) is 0 Å². The lowest BCUT2D eigenvalue weighted by Crippen LogP contribution is -2.12. The van der Waals surface area contributed by atoms with Crippen molar-refractivity contribution in [1.29, 1.82) is 0 Å². The van der Waals surface area contributed by atoms with Crippen molar-refractivity contribution in [2.24, 2.45) is 0 Å². The van der Waals surface area contributed by atoms with E-state index in [4.69, 9.17) is 17.3 Å². The van der Waals surface area contributed by atoms with Crippen molar-refractivity contribution in [3.8, 4) is 0 Å². The largest absolute Gasteiger partial charge is 0.464 e. The molecule has 0 fully saturated rings. The number of nitrogens with one attached hydrogen (secondary N) is 2. The SMILES string of the molecule is COC(=O)c1cc(C(=O)Nc2ccc(Cl)cc2)c(N)[nH]1. The van der Waals surface area contributed by atoms with Gasteiger partial charge in [0.2, 0.25) is 0 Å². The number of rotatable bonds is 3. The second-order valence-corrected chi connectivity index (χ2v) is 4.40. The maximum absolute atomic E-state index is 12.0. The van der Waals surface area contributed by atoms with Crippen LogP contribution in [0.1, 0.15) is 20.8 Å². The number of amides is 1. The molecule has 6 nitrogen and oxygen atoms in total. The Hall–Kier alpha value is -2.47. The Bertz CT molecular complexity index is 649. The first kappa shape index (κ1) is 14.0. The second-order valence-electron chi connectivity index (χ2n) is 3.96. The van der Waals surface area contributed by atoms with E-state index in [-0.39, 0.29) is 17.1 Å². The lowest BCUT2D eigenvalue weighted by atomic mass is 10.2. The molecule has 0 atom stereocenters. The molecule has 20 heavy (non-hydrogen) atoms. The molecule has 0 saturated carbocycles. The molecule has 1 aromatic carbocycles. The van der Waals surface area contributed by atoms with Crippen LogP contribution < -0.4 is 11.1 Å². The standard InChI is InChI=1S/C13H12ClN3O3/c1-20-13(19)10-6-9(11(15)17-10)12(18)16-8-4-2-7(14)3-5-8/h2-6,17H,15H2,1H3,(H,16,18). The van der Waals surface area contributed by atoms with Crippen molar-refractivity contribution in [3.63, 3.8) is 0 Å². The molecular weight excluding hydrogens is 282 g/mol. The van der Waals surface area contributed by atoms with E-state index in [1.165, 1.54) is 13.2 Å². The summed E-state index contributed by atoms with van der Waals surface area (Å²) in [5, 5.41) is 3.21. The molecular formula is C13H12ClN3O3. The van der Waals surface area contributed by atoms with Gasteiger partial charge in [-0.25, -0.2) is 4.79 Å². The predicted octanol–water partition coefficient (Wildman–Crippen LogP) is 2.29. The van der Waals surface area contributed by atoms with Gasteiger partial charge in [-0.1, -0.05) is 11.6 Å². The maximum atomic E-state index is 12.0. The number of anilines is 2. The number of aromatic amines is 1. The van der Waals surface area contributed by atoms with Crippen molar-refractivity contribution in [3.05, 3.63) is 46.6 Å². The van der Waals surface area contributed by atoms with Gasteiger partial charge in [0.15, 0.2) is 0 Å². The Balaban J connectivity index is 2.19. The zero-order valence-corrected chi connectivity index (χ0v) is 11.3. The van der Waals surface area contributed by atoms with Crippen LogP contribution in [0.2, 0.25) is 5.02 Å². The van der Waals surface area contributed by atoms with Gasteiger partial charge < -0.3 is 20.8 Å². The second kappa shape index (κ2) is 5.66. The van der Waals surface area contributed by atoms with Crippen molar-refractivity contribution >= 4 is 35.0 Å². The van der Waals surface area contributed by atoms with Gasteiger partial charge >= 0.3 is 5.97 Å². The summed E-state index contributed by atoms with van der Waals surface area (Å²) in [5.41, 5.74) is 6.52. The monoisotopic (exact) mass is 293 g/mol. The first-order valence-corrected chi connectivity index (χ1v) is 6.02.